The lowest BCUT2D eigenvalue weighted by atomic mass is 9.92. The number of carboxylic acid groups (broad SMARTS) is 1. The fourth-order valence-electron chi connectivity index (χ4n) is 4.42. The number of carboxylic acids is 1. The summed E-state index contributed by atoms with van der Waals surface area (Å²) in [4.78, 5) is 43.7. The molecule has 0 bridgehead atoms. The van der Waals surface area contributed by atoms with Crippen molar-refractivity contribution in [2.45, 2.75) is 63.0 Å². The van der Waals surface area contributed by atoms with Crippen molar-refractivity contribution in [3.05, 3.63) is 46.4 Å². The number of likely N-dealkylation sites (tertiary alicyclic amines) is 1. The zero-order valence-corrected chi connectivity index (χ0v) is 25.5. The van der Waals surface area contributed by atoms with E-state index < -0.39 is 40.1 Å². The molecule has 14 heteroatoms. The number of rotatable bonds is 10. The van der Waals surface area contributed by atoms with Gasteiger partial charge in [-0.2, -0.15) is 4.72 Å². The Kier molecular flexibility index (Phi) is 9.67. The smallest absolute Gasteiger partial charge is 0.410 e. The number of carbonyl (C=O) groups excluding carboxylic acids is 2. The number of ether oxygens (including phenoxy) is 1. The number of amides is 2. The summed E-state index contributed by atoms with van der Waals surface area (Å²) in [5, 5.41) is 12.0. The van der Waals surface area contributed by atoms with Crippen LogP contribution in [-0.4, -0.2) is 72.7 Å². The minimum Gasteiger partial charge on any atom is -0.480 e. The molecule has 1 aliphatic rings. The van der Waals surface area contributed by atoms with Gasteiger partial charge in [0.15, 0.2) is 0 Å². The second kappa shape index (κ2) is 12.8. The number of aromatic nitrogens is 1. The lowest BCUT2D eigenvalue weighted by Gasteiger charge is -2.33. The normalized spacial score (nSPS) is 15.5. The summed E-state index contributed by atoms with van der Waals surface area (Å²) >= 11 is 2.94. The molecule has 0 saturated carbocycles. The first-order chi connectivity index (χ1) is 19.3. The Bertz CT molecular complexity index is 1460. The number of thiophene rings is 2. The van der Waals surface area contributed by atoms with E-state index >= 15 is 0 Å². The van der Waals surface area contributed by atoms with E-state index in [1.807, 2.05) is 20.8 Å². The molecule has 0 spiro atoms. The molecule has 3 aromatic heterocycles. The van der Waals surface area contributed by atoms with Crippen molar-refractivity contribution < 1.29 is 32.6 Å². The van der Waals surface area contributed by atoms with Crippen LogP contribution in [0.3, 0.4) is 0 Å². The Hall–Kier alpha value is -3.07. The maximum absolute atomic E-state index is 12.7. The molecule has 0 radical (unpaired) electrons. The van der Waals surface area contributed by atoms with E-state index in [4.69, 9.17) is 4.74 Å². The second-order valence-corrected chi connectivity index (χ2v) is 14.9. The number of nitrogens with zero attached hydrogens (tertiary/aromatic N) is 2. The zero-order valence-electron chi connectivity index (χ0n) is 23.1. The summed E-state index contributed by atoms with van der Waals surface area (Å²) in [5.41, 5.74) is -0.498. The Balaban J connectivity index is 1.26. The average molecular weight is 623 g/mol. The Morgan fingerprint density at radius 1 is 1.17 bits per heavy atom. The van der Waals surface area contributed by atoms with Crippen LogP contribution in [0.15, 0.2) is 41.6 Å². The number of nitrogens with one attached hydrogen (secondary N) is 2. The number of pyridine rings is 1. The second-order valence-electron chi connectivity index (χ2n) is 10.9. The number of sulfonamides is 1. The largest absolute Gasteiger partial charge is 0.480 e. The minimum atomic E-state index is -4.12. The molecule has 1 saturated heterocycles. The molecule has 3 aromatic rings. The van der Waals surface area contributed by atoms with Gasteiger partial charge in [-0.3, -0.25) is 14.6 Å². The topological polar surface area (TPSA) is 155 Å². The maximum atomic E-state index is 12.7. The number of piperidine rings is 1. The van der Waals surface area contributed by atoms with Gasteiger partial charge in [-0.15, -0.1) is 22.7 Å². The van der Waals surface area contributed by atoms with Gasteiger partial charge in [0.1, 0.15) is 16.5 Å². The SMILES string of the molecule is CC(C)(C)OC(=O)N1CCC(CCc2cc3sc(C(=O)NC[C@H](NS(=O)(=O)c4cccnc4)C(=O)O)cc3s2)CC1. The van der Waals surface area contributed by atoms with Crippen LogP contribution >= 0.6 is 22.7 Å². The van der Waals surface area contributed by atoms with Gasteiger partial charge in [0, 0.05) is 46.3 Å². The molecule has 11 nitrogen and oxygen atoms in total. The summed E-state index contributed by atoms with van der Waals surface area (Å²) in [7, 11) is -4.12. The number of aryl methyl sites for hydroxylation is 1. The van der Waals surface area contributed by atoms with Crippen molar-refractivity contribution in [3.8, 4) is 0 Å². The number of hydrogen-bond acceptors (Lipinski definition) is 9. The van der Waals surface area contributed by atoms with Gasteiger partial charge in [0.25, 0.3) is 5.91 Å². The van der Waals surface area contributed by atoms with Gasteiger partial charge in [0.2, 0.25) is 10.0 Å². The molecule has 1 aliphatic heterocycles. The highest BCUT2D eigenvalue weighted by molar-refractivity contribution is 7.89. The van der Waals surface area contributed by atoms with Gasteiger partial charge in [-0.1, -0.05) is 0 Å². The molecule has 41 heavy (non-hydrogen) atoms. The molecule has 2 amide bonds. The van der Waals surface area contributed by atoms with Crippen LogP contribution < -0.4 is 10.0 Å². The first-order valence-corrected chi connectivity index (χ1v) is 16.4. The summed E-state index contributed by atoms with van der Waals surface area (Å²) in [6.07, 6.45) is 6.09. The monoisotopic (exact) mass is 622 g/mol. The average Bonchev–Trinajstić information content (AvgIpc) is 3.48. The van der Waals surface area contributed by atoms with E-state index in [1.54, 1.807) is 22.3 Å². The van der Waals surface area contributed by atoms with Crippen molar-refractivity contribution in [1.29, 1.82) is 0 Å². The van der Waals surface area contributed by atoms with Crippen molar-refractivity contribution in [1.82, 2.24) is 19.9 Å². The molecule has 1 fully saturated rings. The van der Waals surface area contributed by atoms with Crippen molar-refractivity contribution in [2.24, 2.45) is 5.92 Å². The van der Waals surface area contributed by atoms with Crippen molar-refractivity contribution in [2.75, 3.05) is 19.6 Å². The standard InChI is InChI=1S/C27H34N4O7S3/c1-27(2,3)38-26(35)31-11-8-17(9-12-31)6-7-18-13-21-22(39-18)14-23(40-21)24(32)29-16-20(25(33)34)30-41(36,37)19-5-4-10-28-15-19/h4-5,10,13-15,17,20,30H,6-9,11-12,16H2,1-3H3,(H,29,32)(H,33,34)/t20-/m0/s1. The zero-order chi connectivity index (χ0) is 29.8. The van der Waals surface area contributed by atoms with Crippen LogP contribution in [0.5, 0.6) is 0 Å². The Morgan fingerprint density at radius 2 is 1.88 bits per heavy atom. The fourth-order valence-corrected chi connectivity index (χ4v) is 7.93. The molecule has 4 rings (SSSR count). The van der Waals surface area contributed by atoms with Crippen molar-refractivity contribution in [3.63, 3.8) is 0 Å². The van der Waals surface area contributed by atoms with Crippen LogP contribution in [0, 0.1) is 5.92 Å². The van der Waals surface area contributed by atoms with Crippen LogP contribution in [0.4, 0.5) is 4.79 Å². The Labute approximate surface area is 247 Å². The van der Waals surface area contributed by atoms with Gasteiger partial charge in [-0.05, 0) is 76.6 Å². The highest BCUT2D eigenvalue weighted by atomic mass is 32.2. The number of hydrogen-bond donors (Lipinski definition) is 3. The molecule has 4 heterocycles. The van der Waals surface area contributed by atoms with Crippen LogP contribution in [-0.2, 0) is 26.0 Å². The van der Waals surface area contributed by atoms with Gasteiger partial charge in [0.05, 0.1) is 4.88 Å². The summed E-state index contributed by atoms with van der Waals surface area (Å²) in [5.74, 6) is -1.35. The van der Waals surface area contributed by atoms with Crippen LogP contribution in [0.1, 0.15) is 54.6 Å². The predicted octanol–water partition coefficient (Wildman–Crippen LogP) is 4.10. The molecule has 0 aromatic carbocycles. The van der Waals surface area contributed by atoms with Crippen LogP contribution in [0.2, 0.25) is 0 Å². The highest BCUT2D eigenvalue weighted by Crippen LogP contribution is 2.35. The molecule has 1 atom stereocenters. The van der Waals surface area contributed by atoms with Gasteiger partial charge < -0.3 is 20.1 Å². The molecule has 0 unspecified atom stereocenters. The van der Waals surface area contributed by atoms with Crippen molar-refractivity contribution >= 4 is 60.1 Å². The van der Waals surface area contributed by atoms with E-state index in [2.05, 4.69) is 21.1 Å². The molecule has 0 aliphatic carbocycles. The third-order valence-electron chi connectivity index (χ3n) is 6.55. The summed E-state index contributed by atoms with van der Waals surface area (Å²) in [6.45, 7) is 6.58. The summed E-state index contributed by atoms with van der Waals surface area (Å²) < 4.78 is 34.5. The molecular formula is C27H34N4O7S3. The lowest BCUT2D eigenvalue weighted by Crippen LogP contribution is -2.48. The summed E-state index contributed by atoms with van der Waals surface area (Å²) in [6, 6.07) is 5.04. The van der Waals surface area contributed by atoms with Crippen LogP contribution in [0.25, 0.3) is 9.40 Å². The number of aliphatic carboxylic acids is 1. The molecule has 222 valence electrons. The van der Waals surface area contributed by atoms with E-state index in [0.717, 1.165) is 41.3 Å². The lowest BCUT2D eigenvalue weighted by molar-refractivity contribution is -0.138. The third-order valence-corrected chi connectivity index (χ3v) is 10.4. The van der Waals surface area contributed by atoms with E-state index in [1.165, 1.54) is 34.5 Å². The third kappa shape index (κ3) is 8.47. The minimum absolute atomic E-state index is 0.168. The quantitative estimate of drug-likeness (QED) is 0.305. The molecular weight excluding hydrogens is 589 g/mol. The first kappa shape index (κ1) is 30.9. The van der Waals surface area contributed by atoms with E-state index in [9.17, 15) is 27.9 Å². The maximum Gasteiger partial charge on any atom is 0.410 e. The molecule has 3 N–H and O–H groups in total. The number of fused-ring (bicyclic) bond motifs is 1. The van der Waals surface area contributed by atoms with Gasteiger partial charge >= 0.3 is 12.1 Å². The first-order valence-electron chi connectivity index (χ1n) is 13.2. The Morgan fingerprint density at radius 3 is 2.49 bits per heavy atom. The van der Waals surface area contributed by atoms with E-state index in [0.29, 0.717) is 23.9 Å². The highest BCUT2D eigenvalue weighted by Gasteiger charge is 2.28. The predicted molar refractivity (Wildman–Crippen MR) is 157 cm³/mol. The van der Waals surface area contributed by atoms with Gasteiger partial charge in [-0.25, -0.2) is 13.2 Å². The van der Waals surface area contributed by atoms with E-state index in [-0.39, 0.29) is 11.0 Å². The number of carbonyl (C=O) groups is 3. The fraction of sp³-hybridized carbons (Fsp3) is 0.481.